The van der Waals surface area contributed by atoms with Gasteiger partial charge in [0, 0.05) is 32.6 Å². The van der Waals surface area contributed by atoms with Gasteiger partial charge >= 0.3 is 0 Å². The lowest BCUT2D eigenvalue weighted by Crippen LogP contribution is -2.22. The maximum Gasteiger partial charge on any atom is 0.142 e. The van der Waals surface area contributed by atoms with E-state index in [1.807, 2.05) is 10.8 Å². The molecule has 0 aliphatic carbocycles. The van der Waals surface area contributed by atoms with Gasteiger partial charge in [0.15, 0.2) is 0 Å². The molecule has 0 aliphatic heterocycles. The number of aromatic nitrogens is 2. The van der Waals surface area contributed by atoms with Gasteiger partial charge in [-0.1, -0.05) is 19.6 Å². The number of ether oxygens (including phenoxy) is 1. The quantitative estimate of drug-likeness (QED) is 0.613. The fraction of sp³-hybridized carbons (Fsp3) is 0.471. The second kappa shape index (κ2) is 7.38. The van der Waals surface area contributed by atoms with Gasteiger partial charge in [0.2, 0.25) is 0 Å². The van der Waals surface area contributed by atoms with Crippen LogP contribution in [0.25, 0.3) is 11.4 Å². The number of hydrogen-bond acceptors (Lipinski definition) is 3. The normalized spacial score (nSPS) is 13.3. The largest absolute Gasteiger partial charge is 0.389 e. The summed E-state index contributed by atoms with van der Waals surface area (Å²) in [7, 11) is -1.11. The summed E-state index contributed by atoms with van der Waals surface area (Å²) in [6, 6.07) is 5.49. The lowest BCUT2D eigenvalue weighted by molar-refractivity contribution is 0.0882. The van der Waals surface area contributed by atoms with Gasteiger partial charge in [0.25, 0.3) is 0 Å². The van der Waals surface area contributed by atoms with Crippen LogP contribution in [0.4, 0.5) is 4.39 Å². The lowest BCUT2D eigenvalue weighted by Gasteiger charge is -2.17. The topological polar surface area (TPSA) is 47.3 Å². The highest BCUT2D eigenvalue weighted by Crippen LogP contribution is 2.28. The van der Waals surface area contributed by atoms with Crippen LogP contribution in [0.1, 0.15) is 18.6 Å². The van der Waals surface area contributed by atoms with Crippen LogP contribution in [0.2, 0.25) is 25.7 Å². The molecule has 0 aliphatic rings. The third-order valence-electron chi connectivity index (χ3n) is 3.65. The van der Waals surface area contributed by atoms with Crippen molar-refractivity contribution in [2.75, 3.05) is 6.61 Å². The van der Waals surface area contributed by atoms with Crippen molar-refractivity contribution in [1.82, 2.24) is 9.55 Å². The first-order valence-corrected chi connectivity index (χ1v) is 11.6. The maximum atomic E-state index is 13.5. The third kappa shape index (κ3) is 4.99. The minimum absolute atomic E-state index is 0.367. The molecule has 1 atom stereocenters. The van der Waals surface area contributed by atoms with Crippen LogP contribution in [0.3, 0.4) is 0 Å². The first-order chi connectivity index (χ1) is 10.8. The Bertz CT molecular complexity index is 650. The molecule has 1 aromatic carbocycles. The monoisotopic (exact) mass is 336 g/mol. The number of halogens is 1. The van der Waals surface area contributed by atoms with E-state index in [9.17, 15) is 9.50 Å². The molecule has 0 bridgehead atoms. The molecule has 1 aromatic heterocycles. The van der Waals surface area contributed by atoms with Gasteiger partial charge in [-0.3, -0.25) is 0 Å². The van der Waals surface area contributed by atoms with E-state index in [1.54, 1.807) is 19.2 Å². The fourth-order valence-corrected chi connectivity index (χ4v) is 3.04. The van der Waals surface area contributed by atoms with Crippen LogP contribution in [-0.4, -0.2) is 29.3 Å². The molecule has 2 aromatic rings. The van der Waals surface area contributed by atoms with E-state index in [4.69, 9.17) is 4.74 Å². The summed E-state index contributed by atoms with van der Waals surface area (Å²) < 4.78 is 21.1. The van der Waals surface area contributed by atoms with E-state index >= 15 is 0 Å². The number of hydrogen-bond donors (Lipinski definition) is 1. The van der Waals surface area contributed by atoms with Crippen LogP contribution in [-0.2, 0) is 11.5 Å². The number of imidazole rings is 1. The van der Waals surface area contributed by atoms with Gasteiger partial charge in [-0.2, -0.15) is 0 Å². The van der Waals surface area contributed by atoms with Crippen LogP contribution in [0, 0.1) is 5.82 Å². The van der Waals surface area contributed by atoms with Crippen LogP contribution in [0.5, 0.6) is 0 Å². The SMILES string of the molecule is CC(O)c1cc(F)ccc1-c1nccn1COCC[Si](C)(C)C. The van der Waals surface area contributed by atoms with Crippen molar-refractivity contribution in [3.63, 3.8) is 0 Å². The Hall–Kier alpha value is -1.50. The van der Waals surface area contributed by atoms with Crippen molar-refractivity contribution in [2.24, 2.45) is 0 Å². The second-order valence-corrected chi connectivity index (χ2v) is 12.6. The number of rotatable bonds is 7. The van der Waals surface area contributed by atoms with Crippen molar-refractivity contribution in [3.8, 4) is 11.4 Å². The molecule has 2 rings (SSSR count). The molecule has 23 heavy (non-hydrogen) atoms. The highest BCUT2D eigenvalue weighted by molar-refractivity contribution is 6.76. The molecule has 0 radical (unpaired) electrons. The maximum absolute atomic E-state index is 13.5. The third-order valence-corrected chi connectivity index (χ3v) is 5.35. The Kier molecular flexibility index (Phi) is 5.72. The predicted octanol–water partition coefficient (Wildman–Crippen LogP) is 4.05. The zero-order valence-electron chi connectivity index (χ0n) is 14.2. The van der Waals surface area contributed by atoms with Crippen LogP contribution >= 0.6 is 0 Å². The van der Waals surface area contributed by atoms with Crippen molar-refractivity contribution < 1.29 is 14.2 Å². The Morgan fingerprint density at radius 2 is 2.09 bits per heavy atom. The van der Waals surface area contributed by atoms with E-state index in [-0.39, 0.29) is 5.82 Å². The zero-order chi connectivity index (χ0) is 17.0. The summed E-state index contributed by atoms with van der Waals surface area (Å²) >= 11 is 0. The van der Waals surface area contributed by atoms with Crippen molar-refractivity contribution in [3.05, 3.63) is 42.0 Å². The second-order valence-electron chi connectivity index (χ2n) is 6.98. The Labute approximate surface area is 138 Å². The molecular formula is C17H25FN2O2Si. The first kappa shape index (κ1) is 17.8. The van der Waals surface area contributed by atoms with E-state index < -0.39 is 14.2 Å². The Morgan fingerprint density at radius 1 is 1.35 bits per heavy atom. The molecule has 0 amide bonds. The first-order valence-electron chi connectivity index (χ1n) is 7.85. The average molecular weight is 336 g/mol. The van der Waals surface area contributed by atoms with E-state index in [2.05, 4.69) is 24.6 Å². The summed E-state index contributed by atoms with van der Waals surface area (Å²) in [5, 5.41) is 9.89. The molecule has 126 valence electrons. The minimum atomic E-state index is -1.11. The molecule has 6 heteroatoms. The van der Waals surface area contributed by atoms with Crippen LogP contribution in [0.15, 0.2) is 30.6 Å². The molecular weight excluding hydrogens is 311 g/mol. The molecule has 0 saturated carbocycles. The molecule has 0 spiro atoms. The van der Waals surface area contributed by atoms with E-state index in [0.29, 0.717) is 18.1 Å². The number of benzene rings is 1. The predicted molar refractivity (Wildman–Crippen MR) is 92.4 cm³/mol. The van der Waals surface area contributed by atoms with E-state index in [1.165, 1.54) is 12.1 Å². The van der Waals surface area contributed by atoms with Crippen molar-refractivity contribution in [2.45, 2.75) is 45.4 Å². The summed E-state index contributed by atoms with van der Waals surface area (Å²) in [6.07, 6.45) is 2.75. The fourth-order valence-electron chi connectivity index (χ4n) is 2.28. The number of nitrogens with zero attached hydrogens (tertiary/aromatic N) is 2. The average Bonchev–Trinajstić information content (AvgIpc) is 2.90. The van der Waals surface area contributed by atoms with Gasteiger partial charge < -0.3 is 14.4 Å². The number of aliphatic hydroxyl groups excluding tert-OH is 1. The standard InChI is InChI=1S/C17H25FN2O2Si/c1-13(21)16-11-14(18)5-6-15(16)17-19-7-8-20(17)12-22-9-10-23(2,3)4/h5-8,11,13,21H,9-10,12H2,1-4H3. The van der Waals surface area contributed by atoms with Gasteiger partial charge in [-0.05, 0) is 36.7 Å². The van der Waals surface area contributed by atoms with Gasteiger partial charge in [0.1, 0.15) is 18.4 Å². The Balaban J connectivity index is 2.15. The highest BCUT2D eigenvalue weighted by atomic mass is 28.3. The molecule has 1 unspecified atom stereocenters. The summed E-state index contributed by atoms with van der Waals surface area (Å²) in [4.78, 5) is 4.34. The van der Waals surface area contributed by atoms with Gasteiger partial charge in [-0.25, -0.2) is 9.37 Å². The van der Waals surface area contributed by atoms with Gasteiger partial charge in [0.05, 0.1) is 6.10 Å². The molecule has 0 fully saturated rings. The minimum Gasteiger partial charge on any atom is -0.389 e. The molecule has 0 saturated heterocycles. The summed E-state index contributed by atoms with van der Waals surface area (Å²) in [5.74, 6) is 0.308. The lowest BCUT2D eigenvalue weighted by atomic mass is 10.0. The van der Waals surface area contributed by atoms with Crippen LogP contribution < -0.4 is 0 Å². The van der Waals surface area contributed by atoms with Crippen molar-refractivity contribution in [1.29, 1.82) is 0 Å². The Morgan fingerprint density at radius 3 is 2.74 bits per heavy atom. The molecule has 1 N–H and O–H groups in total. The van der Waals surface area contributed by atoms with Gasteiger partial charge in [-0.15, -0.1) is 0 Å². The van der Waals surface area contributed by atoms with Crippen molar-refractivity contribution >= 4 is 8.07 Å². The molecule has 1 heterocycles. The summed E-state index contributed by atoms with van der Waals surface area (Å²) in [6.45, 7) is 9.68. The smallest absolute Gasteiger partial charge is 0.142 e. The number of aliphatic hydroxyl groups is 1. The van der Waals surface area contributed by atoms with E-state index in [0.717, 1.165) is 18.2 Å². The zero-order valence-corrected chi connectivity index (χ0v) is 15.2. The molecule has 4 nitrogen and oxygen atoms in total. The summed E-state index contributed by atoms with van der Waals surface area (Å²) in [5.41, 5.74) is 1.25. The highest BCUT2D eigenvalue weighted by Gasteiger charge is 2.16.